The first-order valence-electron chi connectivity index (χ1n) is 4.00. The number of amides is 1. The zero-order valence-corrected chi connectivity index (χ0v) is 7.37. The van der Waals surface area contributed by atoms with Gasteiger partial charge >= 0.3 is 5.97 Å². The molecular weight excluding hydrogens is 158 g/mol. The second-order valence-electron chi connectivity index (χ2n) is 3.00. The molecule has 1 unspecified atom stereocenters. The standard InChI is InChI=1S/C8H13NO3/c1-6(10)12-5-7-3-4-8(11)9(7)2/h7H,3-5H2,1-2H3. The van der Waals surface area contributed by atoms with Gasteiger partial charge in [-0.15, -0.1) is 0 Å². The Balaban J connectivity index is 2.34. The summed E-state index contributed by atoms with van der Waals surface area (Å²) in [5.74, 6) is -0.157. The van der Waals surface area contributed by atoms with Gasteiger partial charge in [-0.1, -0.05) is 0 Å². The van der Waals surface area contributed by atoms with Crippen molar-refractivity contribution in [2.45, 2.75) is 25.8 Å². The van der Waals surface area contributed by atoms with Gasteiger partial charge in [0.2, 0.25) is 5.91 Å². The average Bonchev–Trinajstić information content (AvgIpc) is 2.30. The molecule has 1 fully saturated rings. The van der Waals surface area contributed by atoms with Crippen LogP contribution in [-0.4, -0.2) is 36.5 Å². The van der Waals surface area contributed by atoms with Gasteiger partial charge < -0.3 is 9.64 Å². The van der Waals surface area contributed by atoms with Gasteiger partial charge in [-0.2, -0.15) is 0 Å². The maximum absolute atomic E-state index is 11.0. The summed E-state index contributed by atoms with van der Waals surface area (Å²) in [6, 6.07) is 0.0846. The number of esters is 1. The Morgan fingerprint density at radius 2 is 2.42 bits per heavy atom. The fourth-order valence-corrected chi connectivity index (χ4v) is 1.27. The number of hydrogen-bond donors (Lipinski definition) is 0. The van der Waals surface area contributed by atoms with Crippen molar-refractivity contribution in [2.24, 2.45) is 0 Å². The zero-order chi connectivity index (χ0) is 9.14. The van der Waals surface area contributed by atoms with Gasteiger partial charge in [0.1, 0.15) is 6.61 Å². The van der Waals surface area contributed by atoms with Gasteiger partial charge in [0.05, 0.1) is 6.04 Å². The number of carbonyl (C=O) groups is 2. The van der Waals surface area contributed by atoms with E-state index in [9.17, 15) is 9.59 Å². The predicted molar refractivity (Wildman–Crippen MR) is 42.4 cm³/mol. The minimum absolute atomic E-state index is 0.0846. The number of hydrogen-bond acceptors (Lipinski definition) is 3. The summed E-state index contributed by atoms with van der Waals surface area (Å²) in [6.45, 7) is 1.70. The molecule has 1 amide bonds. The van der Waals surface area contributed by atoms with Gasteiger partial charge in [0.25, 0.3) is 0 Å². The number of rotatable bonds is 2. The van der Waals surface area contributed by atoms with E-state index in [1.807, 2.05) is 0 Å². The van der Waals surface area contributed by atoms with Crippen LogP contribution in [0.25, 0.3) is 0 Å². The Labute approximate surface area is 71.5 Å². The average molecular weight is 171 g/mol. The monoisotopic (exact) mass is 171 g/mol. The smallest absolute Gasteiger partial charge is 0.302 e. The first-order valence-corrected chi connectivity index (χ1v) is 4.00. The van der Waals surface area contributed by atoms with Crippen molar-refractivity contribution in [3.8, 4) is 0 Å². The van der Waals surface area contributed by atoms with E-state index < -0.39 is 0 Å². The molecule has 0 aromatic heterocycles. The van der Waals surface area contributed by atoms with E-state index >= 15 is 0 Å². The molecule has 1 aliphatic heterocycles. The van der Waals surface area contributed by atoms with E-state index in [2.05, 4.69) is 0 Å². The van der Waals surface area contributed by atoms with E-state index in [-0.39, 0.29) is 17.9 Å². The summed E-state index contributed by atoms with van der Waals surface area (Å²) in [5.41, 5.74) is 0. The maximum atomic E-state index is 11.0. The van der Waals surface area contributed by atoms with Crippen LogP contribution >= 0.6 is 0 Å². The first kappa shape index (κ1) is 9.03. The molecule has 1 aliphatic rings. The summed E-state index contributed by atoms with van der Waals surface area (Å²) < 4.78 is 4.81. The quantitative estimate of drug-likeness (QED) is 0.556. The molecule has 1 heterocycles. The number of nitrogens with zero attached hydrogens (tertiary/aromatic N) is 1. The molecule has 0 spiro atoms. The fraction of sp³-hybridized carbons (Fsp3) is 0.750. The third-order valence-electron chi connectivity index (χ3n) is 2.11. The largest absolute Gasteiger partial charge is 0.464 e. The van der Waals surface area contributed by atoms with Gasteiger partial charge in [-0.25, -0.2) is 0 Å². The predicted octanol–water partition coefficient (Wildman–Crippen LogP) is 0.170. The number of carbonyl (C=O) groups excluding carboxylic acids is 2. The SMILES string of the molecule is CC(=O)OCC1CCC(=O)N1C. The highest BCUT2D eigenvalue weighted by atomic mass is 16.5. The topological polar surface area (TPSA) is 46.6 Å². The van der Waals surface area contributed by atoms with E-state index in [0.717, 1.165) is 6.42 Å². The summed E-state index contributed by atoms with van der Waals surface area (Å²) in [4.78, 5) is 23.1. The normalized spacial score (nSPS) is 23.0. The molecule has 0 aliphatic carbocycles. The number of ether oxygens (including phenoxy) is 1. The van der Waals surface area contributed by atoms with Crippen LogP contribution in [0.4, 0.5) is 0 Å². The summed E-state index contributed by atoms with van der Waals surface area (Å²) in [5, 5.41) is 0. The van der Waals surface area contributed by atoms with Crippen LogP contribution in [0, 0.1) is 0 Å². The lowest BCUT2D eigenvalue weighted by Gasteiger charge is -2.18. The van der Waals surface area contributed by atoms with Crippen LogP contribution in [-0.2, 0) is 14.3 Å². The number of likely N-dealkylation sites (tertiary alicyclic amines) is 1. The van der Waals surface area contributed by atoms with Crippen molar-refractivity contribution in [1.82, 2.24) is 4.90 Å². The van der Waals surface area contributed by atoms with Crippen molar-refractivity contribution < 1.29 is 14.3 Å². The molecule has 1 atom stereocenters. The minimum atomic E-state index is -0.289. The van der Waals surface area contributed by atoms with Crippen LogP contribution < -0.4 is 0 Å². The van der Waals surface area contributed by atoms with Gasteiger partial charge in [0.15, 0.2) is 0 Å². The molecule has 0 aromatic rings. The van der Waals surface area contributed by atoms with Crippen LogP contribution in [0.3, 0.4) is 0 Å². The van der Waals surface area contributed by atoms with Crippen LogP contribution in [0.15, 0.2) is 0 Å². The van der Waals surface area contributed by atoms with Gasteiger partial charge in [0, 0.05) is 20.4 Å². The Bertz CT molecular complexity index is 202. The lowest BCUT2D eigenvalue weighted by Crippen LogP contribution is -2.32. The number of likely N-dealkylation sites (N-methyl/N-ethyl adjacent to an activating group) is 1. The summed E-state index contributed by atoms with van der Waals surface area (Å²) in [7, 11) is 1.74. The molecule has 0 saturated carbocycles. The fourth-order valence-electron chi connectivity index (χ4n) is 1.27. The molecule has 12 heavy (non-hydrogen) atoms. The van der Waals surface area contributed by atoms with Crippen LogP contribution in [0.5, 0.6) is 0 Å². The van der Waals surface area contributed by atoms with Gasteiger partial charge in [-0.05, 0) is 6.42 Å². The molecule has 4 nitrogen and oxygen atoms in total. The van der Waals surface area contributed by atoms with Crippen molar-refractivity contribution in [3.63, 3.8) is 0 Å². The van der Waals surface area contributed by atoms with Crippen LogP contribution in [0.1, 0.15) is 19.8 Å². The van der Waals surface area contributed by atoms with Crippen LogP contribution in [0.2, 0.25) is 0 Å². The molecular formula is C8H13NO3. The highest BCUT2D eigenvalue weighted by Crippen LogP contribution is 2.16. The van der Waals surface area contributed by atoms with Crippen molar-refractivity contribution in [1.29, 1.82) is 0 Å². The molecule has 0 aromatic carbocycles. The molecule has 4 heteroatoms. The van der Waals surface area contributed by atoms with E-state index in [4.69, 9.17) is 4.74 Å². The second kappa shape index (κ2) is 3.56. The highest BCUT2D eigenvalue weighted by molar-refractivity contribution is 5.78. The Hall–Kier alpha value is -1.06. The lowest BCUT2D eigenvalue weighted by molar-refractivity contribution is -0.143. The summed E-state index contributed by atoms with van der Waals surface area (Å²) >= 11 is 0. The van der Waals surface area contributed by atoms with E-state index in [0.29, 0.717) is 13.0 Å². The molecule has 0 N–H and O–H groups in total. The first-order chi connectivity index (χ1) is 5.61. The second-order valence-corrected chi connectivity index (χ2v) is 3.00. The van der Waals surface area contributed by atoms with Crippen molar-refractivity contribution in [2.75, 3.05) is 13.7 Å². The molecule has 0 radical (unpaired) electrons. The van der Waals surface area contributed by atoms with Gasteiger partial charge in [-0.3, -0.25) is 9.59 Å². The molecule has 1 saturated heterocycles. The Morgan fingerprint density at radius 3 is 2.83 bits per heavy atom. The van der Waals surface area contributed by atoms with E-state index in [1.54, 1.807) is 11.9 Å². The molecule has 68 valence electrons. The van der Waals surface area contributed by atoms with Crippen molar-refractivity contribution in [3.05, 3.63) is 0 Å². The van der Waals surface area contributed by atoms with E-state index in [1.165, 1.54) is 6.92 Å². The highest BCUT2D eigenvalue weighted by Gasteiger charge is 2.27. The third-order valence-corrected chi connectivity index (χ3v) is 2.11. The Kier molecular flexibility index (Phi) is 2.68. The summed E-state index contributed by atoms with van der Waals surface area (Å²) in [6.07, 6.45) is 1.37. The third kappa shape index (κ3) is 1.96. The minimum Gasteiger partial charge on any atom is -0.464 e. The maximum Gasteiger partial charge on any atom is 0.302 e. The Morgan fingerprint density at radius 1 is 1.75 bits per heavy atom. The lowest BCUT2D eigenvalue weighted by atomic mass is 10.2. The molecule has 0 bridgehead atoms. The molecule has 1 rings (SSSR count). The zero-order valence-electron chi connectivity index (χ0n) is 7.37. The van der Waals surface area contributed by atoms with Crippen molar-refractivity contribution >= 4 is 11.9 Å².